The highest BCUT2D eigenvalue weighted by Crippen LogP contribution is 2.23. The van der Waals surface area contributed by atoms with E-state index in [-0.39, 0.29) is 27.6 Å². The summed E-state index contributed by atoms with van der Waals surface area (Å²) in [6.07, 6.45) is 1.23. The van der Waals surface area contributed by atoms with Crippen molar-refractivity contribution in [2.45, 2.75) is 5.16 Å². The van der Waals surface area contributed by atoms with Gasteiger partial charge in [0.2, 0.25) is 0 Å². The van der Waals surface area contributed by atoms with E-state index in [4.69, 9.17) is 11.6 Å². The lowest BCUT2D eigenvalue weighted by atomic mass is 10.2. The van der Waals surface area contributed by atoms with Gasteiger partial charge in [-0.15, -0.1) is 0 Å². The molecular weight excluding hydrogens is 558 g/mol. The smallest absolute Gasteiger partial charge is 0.270 e. The summed E-state index contributed by atoms with van der Waals surface area (Å²) >= 11 is 10.5. The summed E-state index contributed by atoms with van der Waals surface area (Å²) in [5.41, 5.74) is 3.37. The molecule has 0 aliphatic rings. The van der Waals surface area contributed by atoms with Crippen molar-refractivity contribution in [1.82, 2.24) is 15.0 Å². The van der Waals surface area contributed by atoms with Gasteiger partial charge in [0.15, 0.2) is 5.16 Å². The molecule has 1 heterocycles. The Hall–Kier alpha value is -3.54. The predicted molar refractivity (Wildman–Crippen MR) is 140 cm³/mol. The minimum absolute atomic E-state index is 0.0820. The summed E-state index contributed by atoms with van der Waals surface area (Å²) in [6.45, 7) is 0. The van der Waals surface area contributed by atoms with Gasteiger partial charge >= 0.3 is 0 Å². The molecule has 1 aromatic heterocycles. The van der Waals surface area contributed by atoms with Crippen LogP contribution in [0.1, 0.15) is 5.56 Å². The summed E-state index contributed by atoms with van der Waals surface area (Å²) in [6, 6.07) is 18.1. The number of hydrogen-bond acceptors (Lipinski definition) is 7. The molecule has 0 spiro atoms. The predicted octanol–water partition coefficient (Wildman–Crippen LogP) is 4.95. The van der Waals surface area contributed by atoms with Gasteiger partial charge in [0.1, 0.15) is 0 Å². The van der Waals surface area contributed by atoms with Gasteiger partial charge in [-0.05, 0) is 42.5 Å². The summed E-state index contributed by atoms with van der Waals surface area (Å²) in [5, 5.41) is 15.8. The van der Waals surface area contributed by atoms with Gasteiger partial charge in [-0.2, -0.15) is 5.10 Å². The van der Waals surface area contributed by atoms with Crippen LogP contribution in [0.4, 0.5) is 5.69 Å². The number of rotatable bonds is 7. The van der Waals surface area contributed by atoms with E-state index in [0.717, 1.165) is 16.2 Å². The van der Waals surface area contributed by atoms with E-state index in [1.54, 1.807) is 36.4 Å². The lowest BCUT2D eigenvalue weighted by Crippen LogP contribution is -2.24. The van der Waals surface area contributed by atoms with Gasteiger partial charge in [-0.1, -0.05) is 51.4 Å². The van der Waals surface area contributed by atoms with E-state index in [2.05, 4.69) is 31.4 Å². The number of hydrazone groups is 1. The number of fused-ring (bicyclic) bond motifs is 1. The Morgan fingerprint density at radius 2 is 1.94 bits per heavy atom. The molecule has 4 rings (SSSR count). The number of carbonyl (C=O) groups is 1. The molecule has 0 saturated carbocycles. The van der Waals surface area contributed by atoms with E-state index in [0.29, 0.717) is 21.7 Å². The fourth-order valence-corrected chi connectivity index (χ4v) is 4.34. The number of aromatic nitrogens is 2. The molecule has 0 saturated heterocycles. The van der Waals surface area contributed by atoms with E-state index < -0.39 is 10.8 Å². The number of hydrogen-bond donors (Lipinski definition) is 1. The third kappa shape index (κ3) is 5.76. The average molecular weight is 573 g/mol. The summed E-state index contributed by atoms with van der Waals surface area (Å²) in [4.78, 5) is 40.6. The largest absolute Gasteiger partial charge is 0.272 e. The highest BCUT2D eigenvalue weighted by molar-refractivity contribution is 9.10. The van der Waals surface area contributed by atoms with Crippen molar-refractivity contribution in [2.75, 3.05) is 5.75 Å². The van der Waals surface area contributed by atoms with Crippen LogP contribution in [0, 0.1) is 10.1 Å². The molecular formula is C23H15BrClN5O4S. The Morgan fingerprint density at radius 3 is 2.69 bits per heavy atom. The molecule has 9 nitrogen and oxygen atoms in total. The average Bonchev–Trinajstić information content (AvgIpc) is 2.84. The maximum atomic E-state index is 13.2. The minimum atomic E-state index is -0.551. The van der Waals surface area contributed by atoms with Crippen LogP contribution in [0.25, 0.3) is 16.6 Å². The monoisotopic (exact) mass is 571 g/mol. The van der Waals surface area contributed by atoms with Crippen molar-refractivity contribution in [3.63, 3.8) is 0 Å². The summed E-state index contributed by atoms with van der Waals surface area (Å²) in [5.74, 6) is -0.543. The van der Waals surface area contributed by atoms with Gasteiger partial charge in [0, 0.05) is 27.2 Å². The standard InChI is InChI=1S/C23H15BrClN5O4S/c24-15-5-7-16(8-6-15)29-22(32)18-3-1-2-4-20(18)27-23(29)35-13-21(31)28-26-12-14-11-17(30(33)34)9-10-19(14)25/h1-12H,13H2,(H,28,31). The topological polar surface area (TPSA) is 119 Å². The number of non-ortho nitro benzene ring substituents is 1. The van der Waals surface area contributed by atoms with Crippen LogP contribution in [-0.2, 0) is 4.79 Å². The molecule has 0 atom stereocenters. The Kier molecular flexibility index (Phi) is 7.59. The molecule has 4 aromatic rings. The van der Waals surface area contributed by atoms with Crippen LogP contribution >= 0.6 is 39.3 Å². The number of thioether (sulfide) groups is 1. The number of nitro groups is 1. The SMILES string of the molecule is O=C(CSc1nc2ccccc2c(=O)n1-c1ccc(Br)cc1)NN=Cc1cc([N+](=O)[O-])ccc1Cl. The maximum Gasteiger partial charge on any atom is 0.270 e. The second kappa shape index (κ2) is 10.8. The zero-order valence-electron chi connectivity index (χ0n) is 17.7. The number of nitrogens with one attached hydrogen (secondary N) is 1. The summed E-state index contributed by atoms with van der Waals surface area (Å²) < 4.78 is 2.32. The first-order valence-electron chi connectivity index (χ1n) is 10.00. The molecule has 1 N–H and O–H groups in total. The minimum Gasteiger partial charge on any atom is -0.272 e. The molecule has 3 aromatic carbocycles. The first-order chi connectivity index (χ1) is 16.8. The van der Waals surface area contributed by atoms with Crippen LogP contribution < -0.4 is 11.0 Å². The third-order valence-corrected chi connectivity index (χ3v) is 6.56. The highest BCUT2D eigenvalue weighted by Gasteiger charge is 2.15. The molecule has 35 heavy (non-hydrogen) atoms. The van der Waals surface area contributed by atoms with Crippen molar-refractivity contribution in [3.8, 4) is 5.69 Å². The van der Waals surface area contributed by atoms with Crippen molar-refractivity contribution in [3.05, 3.63) is 102 Å². The summed E-state index contributed by atoms with van der Waals surface area (Å²) in [7, 11) is 0. The van der Waals surface area contributed by atoms with Crippen LogP contribution in [0.5, 0.6) is 0 Å². The number of amides is 1. The van der Waals surface area contributed by atoms with Crippen molar-refractivity contribution >= 4 is 68.0 Å². The lowest BCUT2D eigenvalue weighted by molar-refractivity contribution is -0.384. The highest BCUT2D eigenvalue weighted by atomic mass is 79.9. The zero-order chi connectivity index (χ0) is 24.9. The molecule has 0 unspecified atom stereocenters. The van der Waals surface area contributed by atoms with Gasteiger partial charge in [0.05, 0.1) is 33.5 Å². The van der Waals surface area contributed by atoms with Crippen LogP contribution in [-0.4, -0.2) is 32.3 Å². The van der Waals surface area contributed by atoms with E-state index >= 15 is 0 Å². The Balaban J connectivity index is 1.54. The number of para-hydroxylation sites is 1. The number of halogens is 2. The second-order valence-electron chi connectivity index (χ2n) is 7.07. The Bertz CT molecular complexity index is 1530. The van der Waals surface area contributed by atoms with Crippen molar-refractivity contribution in [1.29, 1.82) is 0 Å². The molecule has 0 aliphatic heterocycles. The maximum absolute atomic E-state index is 13.2. The Morgan fingerprint density at radius 1 is 1.20 bits per heavy atom. The van der Waals surface area contributed by atoms with Gasteiger partial charge in [-0.3, -0.25) is 24.3 Å². The third-order valence-electron chi connectivity index (χ3n) is 4.75. The van der Waals surface area contributed by atoms with Gasteiger partial charge in [-0.25, -0.2) is 10.4 Å². The zero-order valence-corrected chi connectivity index (χ0v) is 20.9. The number of nitro benzene ring substituents is 1. The number of carbonyl (C=O) groups excluding carboxylic acids is 1. The first-order valence-corrected chi connectivity index (χ1v) is 12.2. The van der Waals surface area contributed by atoms with E-state index in [9.17, 15) is 19.7 Å². The van der Waals surface area contributed by atoms with Gasteiger partial charge < -0.3 is 0 Å². The molecule has 12 heteroatoms. The lowest BCUT2D eigenvalue weighted by Gasteiger charge is -2.13. The molecule has 0 bridgehead atoms. The van der Waals surface area contributed by atoms with Gasteiger partial charge in [0.25, 0.3) is 17.2 Å². The van der Waals surface area contributed by atoms with E-state index in [1.807, 2.05) is 12.1 Å². The van der Waals surface area contributed by atoms with Crippen molar-refractivity contribution < 1.29 is 9.72 Å². The molecule has 1 amide bonds. The van der Waals surface area contributed by atoms with Crippen molar-refractivity contribution in [2.24, 2.45) is 5.10 Å². The van der Waals surface area contributed by atoms with E-state index in [1.165, 1.54) is 29.0 Å². The fraction of sp³-hybridized carbons (Fsp3) is 0.0435. The Labute approximate surface area is 216 Å². The first kappa shape index (κ1) is 24.6. The van der Waals surface area contributed by atoms with Crippen LogP contribution in [0.3, 0.4) is 0 Å². The number of benzene rings is 3. The van der Waals surface area contributed by atoms with Crippen LogP contribution in [0.2, 0.25) is 5.02 Å². The second-order valence-corrected chi connectivity index (χ2v) is 9.34. The number of nitrogens with zero attached hydrogens (tertiary/aromatic N) is 4. The molecule has 0 radical (unpaired) electrons. The fourth-order valence-electron chi connectivity index (χ4n) is 3.11. The molecule has 176 valence electrons. The quantitative estimate of drug-likeness (QED) is 0.110. The van der Waals surface area contributed by atoms with Crippen LogP contribution in [0.15, 0.2) is 86.3 Å². The molecule has 0 fully saturated rings. The molecule has 0 aliphatic carbocycles. The normalized spacial score (nSPS) is 11.1.